The Balaban J connectivity index is 2.26. The van der Waals surface area contributed by atoms with Crippen molar-refractivity contribution in [3.63, 3.8) is 0 Å². The van der Waals surface area contributed by atoms with Crippen LogP contribution >= 0.6 is 11.6 Å². The number of nitrogens with zero attached hydrogens (tertiary/aromatic N) is 1. The van der Waals surface area contributed by atoms with Gasteiger partial charge in [0.15, 0.2) is 0 Å². The van der Waals surface area contributed by atoms with E-state index in [1.54, 1.807) is 7.11 Å². The van der Waals surface area contributed by atoms with E-state index in [9.17, 15) is 0 Å². The number of nitrogens with two attached hydrogens (primary N) is 1. The molecule has 2 N–H and O–H groups in total. The van der Waals surface area contributed by atoms with Crippen LogP contribution in [0.25, 0.3) is 0 Å². The molecule has 1 heterocycles. The maximum atomic E-state index is 6.35. The number of methoxy groups -OCH3 is 1. The van der Waals surface area contributed by atoms with E-state index >= 15 is 0 Å². The largest absolute Gasteiger partial charge is 0.496 e. The van der Waals surface area contributed by atoms with Gasteiger partial charge in [0.05, 0.1) is 19.7 Å². The molecule has 1 atom stereocenters. The van der Waals surface area contributed by atoms with Crippen molar-refractivity contribution < 1.29 is 9.15 Å². The van der Waals surface area contributed by atoms with Crippen LogP contribution in [0.1, 0.15) is 23.1 Å². The van der Waals surface area contributed by atoms with Gasteiger partial charge in [-0.15, -0.1) is 0 Å². The van der Waals surface area contributed by atoms with Gasteiger partial charge in [-0.2, -0.15) is 0 Å². The second-order valence-corrected chi connectivity index (χ2v) is 5.44. The van der Waals surface area contributed by atoms with Gasteiger partial charge in [0.2, 0.25) is 0 Å². The highest BCUT2D eigenvalue weighted by Gasteiger charge is 2.23. The van der Waals surface area contributed by atoms with Crippen molar-refractivity contribution in [2.75, 3.05) is 20.7 Å². The molecule has 1 unspecified atom stereocenters. The minimum atomic E-state index is -0.0425. The van der Waals surface area contributed by atoms with Gasteiger partial charge in [-0.3, -0.25) is 4.90 Å². The maximum absolute atomic E-state index is 6.35. The summed E-state index contributed by atoms with van der Waals surface area (Å²) in [6.45, 7) is 3.03. The number of aryl methyl sites for hydroxylation is 1. The molecular weight excluding hydrogens is 288 g/mol. The van der Waals surface area contributed by atoms with Gasteiger partial charge in [0.25, 0.3) is 0 Å². The first-order chi connectivity index (χ1) is 10.1. The number of likely N-dealkylation sites (N-methyl/N-ethyl adjacent to an activating group) is 1. The Morgan fingerprint density at radius 2 is 2.10 bits per heavy atom. The van der Waals surface area contributed by atoms with E-state index in [1.807, 2.05) is 44.3 Å². The molecule has 0 aliphatic rings. The number of ether oxygens (including phenoxy) is 1. The van der Waals surface area contributed by atoms with Crippen molar-refractivity contribution in [2.24, 2.45) is 5.73 Å². The fourth-order valence-corrected chi connectivity index (χ4v) is 2.75. The SMILES string of the molecule is COc1cccc(Cl)c1C(CN)N(C)Cc1ccc(C)o1. The molecule has 0 aliphatic heterocycles. The lowest BCUT2D eigenvalue weighted by atomic mass is 10.0. The van der Waals surface area contributed by atoms with Crippen molar-refractivity contribution in [3.05, 3.63) is 52.4 Å². The first kappa shape index (κ1) is 15.9. The molecule has 2 aromatic rings. The van der Waals surface area contributed by atoms with Gasteiger partial charge in [-0.1, -0.05) is 17.7 Å². The van der Waals surface area contributed by atoms with Crippen molar-refractivity contribution in [1.82, 2.24) is 4.90 Å². The Bertz CT molecular complexity index is 598. The highest BCUT2D eigenvalue weighted by Crippen LogP contribution is 2.34. The van der Waals surface area contributed by atoms with Crippen molar-refractivity contribution in [3.8, 4) is 5.75 Å². The molecule has 0 fully saturated rings. The van der Waals surface area contributed by atoms with Gasteiger partial charge < -0.3 is 14.9 Å². The smallest absolute Gasteiger partial charge is 0.125 e. The molecule has 4 nitrogen and oxygen atoms in total. The van der Waals surface area contributed by atoms with Gasteiger partial charge in [0.1, 0.15) is 17.3 Å². The second kappa shape index (κ2) is 6.98. The standard InChI is InChI=1S/C16H21ClN2O2/c1-11-7-8-12(21-11)10-19(2)14(9-18)16-13(17)5-4-6-15(16)20-3/h4-8,14H,9-10,18H2,1-3H3. The van der Waals surface area contributed by atoms with E-state index in [4.69, 9.17) is 26.5 Å². The van der Waals surface area contributed by atoms with E-state index < -0.39 is 0 Å². The maximum Gasteiger partial charge on any atom is 0.125 e. The second-order valence-electron chi connectivity index (χ2n) is 5.03. The highest BCUT2D eigenvalue weighted by atomic mass is 35.5. The normalized spacial score (nSPS) is 12.7. The topological polar surface area (TPSA) is 51.6 Å². The molecule has 2 rings (SSSR count). The summed E-state index contributed by atoms with van der Waals surface area (Å²) < 4.78 is 11.0. The zero-order chi connectivity index (χ0) is 15.4. The average Bonchev–Trinajstić information content (AvgIpc) is 2.86. The number of furan rings is 1. The van der Waals surface area contributed by atoms with Crippen LogP contribution in [0.15, 0.2) is 34.7 Å². The molecule has 0 aliphatic carbocycles. The van der Waals surface area contributed by atoms with E-state index in [-0.39, 0.29) is 6.04 Å². The van der Waals surface area contributed by atoms with Crippen LogP contribution in [0.4, 0.5) is 0 Å². The fourth-order valence-electron chi connectivity index (χ4n) is 2.46. The average molecular weight is 309 g/mol. The van der Waals surface area contributed by atoms with Crippen molar-refractivity contribution in [1.29, 1.82) is 0 Å². The van der Waals surface area contributed by atoms with Crippen LogP contribution in [-0.4, -0.2) is 25.6 Å². The third-order valence-electron chi connectivity index (χ3n) is 3.52. The van der Waals surface area contributed by atoms with Crippen LogP contribution in [0.2, 0.25) is 5.02 Å². The molecule has 5 heteroatoms. The molecule has 21 heavy (non-hydrogen) atoms. The van der Waals surface area contributed by atoms with Crippen LogP contribution in [0.3, 0.4) is 0 Å². The molecular formula is C16H21ClN2O2. The number of rotatable bonds is 6. The monoisotopic (exact) mass is 308 g/mol. The van der Waals surface area contributed by atoms with E-state index in [1.165, 1.54) is 0 Å². The fraction of sp³-hybridized carbons (Fsp3) is 0.375. The van der Waals surface area contributed by atoms with Crippen LogP contribution < -0.4 is 10.5 Å². The van der Waals surface area contributed by atoms with Crippen LogP contribution in [0.5, 0.6) is 5.75 Å². The minimum absolute atomic E-state index is 0.0425. The number of benzene rings is 1. The van der Waals surface area contributed by atoms with Gasteiger partial charge >= 0.3 is 0 Å². The summed E-state index contributed by atoms with van der Waals surface area (Å²) in [5.74, 6) is 2.55. The summed E-state index contributed by atoms with van der Waals surface area (Å²) in [4.78, 5) is 2.11. The Morgan fingerprint density at radius 1 is 1.33 bits per heavy atom. The Morgan fingerprint density at radius 3 is 2.67 bits per heavy atom. The highest BCUT2D eigenvalue weighted by molar-refractivity contribution is 6.31. The predicted molar refractivity (Wildman–Crippen MR) is 84.7 cm³/mol. The zero-order valence-corrected chi connectivity index (χ0v) is 13.4. The molecule has 0 spiro atoms. The summed E-state index contributed by atoms with van der Waals surface area (Å²) in [6, 6.07) is 9.51. The van der Waals surface area contributed by atoms with E-state index in [2.05, 4.69) is 4.90 Å². The lowest BCUT2D eigenvalue weighted by molar-refractivity contribution is 0.217. The summed E-state index contributed by atoms with van der Waals surface area (Å²) in [6.07, 6.45) is 0. The molecule has 1 aromatic carbocycles. The van der Waals surface area contributed by atoms with E-state index in [0.717, 1.165) is 22.8 Å². The third kappa shape index (κ3) is 3.59. The zero-order valence-electron chi connectivity index (χ0n) is 12.6. The van der Waals surface area contributed by atoms with Gasteiger partial charge in [-0.05, 0) is 38.2 Å². The van der Waals surface area contributed by atoms with Crippen LogP contribution in [-0.2, 0) is 6.54 Å². The molecule has 0 radical (unpaired) electrons. The molecule has 0 amide bonds. The minimum Gasteiger partial charge on any atom is -0.496 e. The van der Waals surface area contributed by atoms with E-state index in [0.29, 0.717) is 18.1 Å². The van der Waals surface area contributed by atoms with Crippen molar-refractivity contribution >= 4 is 11.6 Å². The summed E-state index contributed by atoms with van der Waals surface area (Å²) in [7, 11) is 3.64. The third-order valence-corrected chi connectivity index (χ3v) is 3.85. The number of halogens is 1. The van der Waals surface area contributed by atoms with Crippen LogP contribution in [0, 0.1) is 6.92 Å². The Labute approximate surface area is 130 Å². The quantitative estimate of drug-likeness (QED) is 0.889. The number of hydrogen-bond donors (Lipinski definition) is 1. The molecule has 114 valence electrons. The molecule has 1 aromatic heterocycles. The molecule has 0 saturated heterocycles. The molecule has 0 saturated carbocycles. The lowest BCUT2D eigenvalue weighted by Gasteiger charge is -2.28. The molecule has 0 bridgehead atoms. The Kier molecular flexibility index (Phi) is 5.28. The summed E-state index contributed by atoms with van der Waals surface area (Å²) in [5.41, 5.74) is 6.88. The summed E-state index contributed by atoms with van der Waals surface area (Å²) in [5, 5.41) is 0.660. The first-order valence-corrected chi connectivity index (χ1v) is 7.22. The Hall–Kier alpha value is -1.49. The van der Waals surface area contributed by atoms with Gasteiger partial charge in [0, 0.05) is 17.1 Å². The van der Waals surface area contributed by atoms with Crippen molar-refractivity contribution in [2.45, 2.75) is 19.5 Å². The summed E-state index contributed by atoms with van der Waals surface area (Å²) >= 11 is 6.35. The predicted octanol–water partition coefficient (Wildman–Crippen LogP) is 3.38. The lowest BCUT2D eigenvalue weighted by Crippen LogP contribution is -2.30. The first-order valence-electron chi connectivity index (χ1n) is 6.84. The van der Waals surface area contributed by atoms with Gasteiger partial charge in [-0.25, -0.2) is 0 Å². The number of hydrogen-bond acceptors (Lipinski definition) is 4.